The lowest BCUT2D eigenvalue weighted by atomic mass is 10.1. The van der Waals surface area contributed by atoms with Gasteiger partial charge in [0, 0.05) is 11.1 Å². The third-order valence-electron chi connectivity index (χ3n) is 5.20. The topological polar surface area (TPSA) is 79.4 Å². The van der Waals surface area contributed by atoms with Gasteiger partial charge in [0.25, 0.3) is 0 Å². The second-order valence-electron chi connectivity index (χ2n) is 7.14. The van der Waals surface area contributed by atoms with Crippen LogP contribution in [0.2, 0.25) is 0 Å². The van der Waals surface area contributed by atoms with Gasteiger partial charge in [0.2, 0.25) is 0 Å². The molecule has 29 heavy (non-hydrogen) atoms. The van der Waals surface area contributed by atoms with E-state index >= 15 is 0 Å². The highest BCUT2D eigenvalue weighted by Gasteiger charge is 2.13. The second-order valence-corrected chi connectivity index (χ2v) is 7.14. The SMILES string of the molecule is Cc1cc2nc(-c3ccc(-n4c(-c5ccccc5)n[nH]c4=O)cc3)[nH]c2cc1C. The molecule has 2 N–H and O–H groups in total. The third kappa shape index (κ3) is 2.95. The van der Waals surface area contributed by atoms with E-state index in [-0.39, 0.29) is 5.69 Å². The number of fused-ring (bicyclic) bond motifs is 1. The minimum atomic E-state index is -0.272. The van der Waals surface area contributed by atoms with Crippen LogP contribution in [0.15, 0.2) is 71.5 Å². The number of hydrogen-bond acceptors (Lipinski definition) is 3. The number of aryl methyl sites for hydroxylation is 2. The van der Waals surface area contributed by atoms with E-state index in [0.29, 0.717) is 5.82 Å². The Labute approximate surface area is 166 Å². The average molecular weight is 381 g/mol. The zero-order chi connectivity index (χ0) is 20.0. The standard InChI is InChI=1S/C23H19N5O/c1-14-12-19-20(13-15(14)2)25-21(24-19)16-8-10-18(11-9-16)28-22(26-27-23(28)29)17-6-4-3-5-7-17/h3-13H,1-2H3,(H,24,25)(H,27,29). The smallest absolute Gasteiger partial charge is 0.338 e. The number of imidazole rings is 1. The summed E-state index contributed by atoms with van der Waals surface area (Å²) in [6, 6.07) is 21.6. The van der Waals surface area contributed by atoms with E-state index in [9.17, 15) is 4.79 Å². The number of aromatic nitrogens is 5. The summed E-state index contributed by atoms with van der Waals surface area (Å²) in [5.74, 6) is 1.39. The first-order valence-corrected chi connectivity index (χ1v) is 9.41. The van der Waals surface area contributed by atoms with E-state index in [1.807, 2.05) is 54.6 Å². The summed E-state index contributed by atoms with van der Waals surface area (Å²) in [5.41, 5.74) is 6.72. The Morgan fingerprint density at radius 1 is 0.862 bits per heavy atom. The quantitative estimate of drug-likeness (QED) is 0.486. The summed E-state index contributed by atoms with van der Waals surface area (Å²) in [6.07, 6.45) is 0. The van der Waals surface area contributed by atoms with Crippen LogP contribution in [0.1, 0.15) is 11.1 Å². The number of aromatic amines is 2. The van der Waals surface area contributed by atoms with Crippen molar-refractivity contribution >= 4 is 11.0 Å². The number of rotatable bonds is 3. The van der Waals surface area contributed by atoms with Crippen molar-refractivity contribution in [2.45, 2.75) is 13.8 Å². The zero-order valence-corrected chi connectivity index (χ0v) is 16.1. The molecule has 0 bridgehead atoms. The number of nitrogens with one attached hydrogen (secondary N) is 2. The lowest BCUT2D eigenvalue weighted by Crippen LogP contribution is -2.15. The van der Waals surface area contributed by atoms with Crippen LogP contribution in [0, 0.1) is 13.8 Å². The predicted octanol–water partition coefficient (Wildman–Crippen LogP) is 4.39. The molecule has 0 saturated heterocycles. The molecule has 142 valence electrons. The van der Waals surface area contributed by atoms with Crippen LogP contribution >= 0.6 is 0 Å². The van der Waals surface area contributed by atoms with Crippen molar-refractivity contribution in [2.75, 3.05) is 0 Å². The molecular weight excluding hydrogens is 362 g/mol. The Morgan fingerprint density at radius 3 is 2.34 bits per heavy atom. The average Bonchev–Trinajstić information content (AvgIpc) is 3.32. The molecule has 0 saturated carbocycles. The lowest BCUT2D eigenvalue weighted by molar-refractivity contribution is 0.985. The number of H-pyrrole nitrogens is 2. The van der Waals surface area contributed by atoms with Crippen molar-refractivity contribution in [1.82, 2.24) is 24.7 Å². The fourth-order valence-electron chi connectivity index (χ4n) is 3.49. The maximum absolute atomic E-state index is 12.4. The molecule has 0 aliphatic heterocycles. The van der Waals surface area contributed by atoms with Crippen molar-refractivity contribution < 1.29 is 0 Å². The van der Waals surface area contributed by atoms with Gasteiger partial charge in [0.05, 0.1) is 16.7 Å². The Bertz CT molecular complexity index is 1340. The van der Waals surface area contributed by atoms with E-state index < -0.39 is 0 Å². The van der Waals surface area contributed by atoms with Crippen LogP contribution in [-0.2, 0) is 0 Å². The molecule has 5 aromatic rings. The van der Waals surface area contributed by atoms with Crippen LogP contribution in [0.5, 0.6) is 0 Å². The molecule has 6 heteroatoms. The van der Waals surface area contributed by atoms with Gasteiger partial charge in [-0.3, -0.25) is 0 Å². The third-order valence-corrected chi connectivity index (χ3v) is 5.20. The fraction of sp³-hybridized carbons (Fsp3) is 0.0870. The molecule has 6 nitrogen and oxygen atoms in total. The van der Waals surface area contributed by atoms with Crippen LogP contribution in [-0.4, -0.2) is 24.7 Å². The van der Waals surface area contributed by atoms with Gasteiger partial charge in [-0.05, 0) is 61.4 Å². The molecule has 0 radical (unpaired) electrons. The Kier molecular flexibility index (Phi) is 3.91. The van der Waals surface area contributed by atoms with Gasteiger partial charge < -0.3 is 4.98 Å². The minimum Gasteiger partial charge on any atom is -0.338 e. The molecule has 0 aliphatic rings. The van der Waals surface area contributed by atoms with Crippen molar-refractivity contribution in [3.63, 3.8) is 0 Å². The monoisotopic (exact) mass is 381 g/mol. The highest BCUT2D eigenvalue weighted by molar-refractivity contribution is 5.81. The molecule has 0 fully saturated rings. The molecule has 2 heterocycles. The summed E-state index contributed by atoms with van der Waals surface area (Å²) in [7, 11) is 0. The van der Waals surface area contributed by atoms with Crippen molar-refractivity contribution in [1.29, 1.82) is 0 Å². The van der Waals surface area contributed by atoms with E-state index in [1.54, 1.807) is 4.57 Å². The fourth-order valence-corrected chi connectivity index (χ4v) is 3.49. The normalized spacial score (nSPS) is 11.2. The van der Waals surface area contributed by atoms with Gasteiger partial charge in [0.1, 0.15) is 5.82 Å². The van der Waals surface area contributed by atoms with Crippen LogP contribution in [0.25, 0.3) is 39.5 Å². The van der Waals surface area contributed by atoms with Crippen molar-refractivity contribution in [3.05, 3.63) is 88.3 Å². The lowest BCUT2D eigenvalue weighted by Gasteiger charge is -2.06. The molecule has 0 amide bonds. The molecule has 0 aliphatic carbocycles. The number of hydrogen-bond donors (Lipinski definition) is 2. The summed E-state index contributed by atoms with van der Waals surface area (Å²) in [5, 5.41) is 6.74. The van der Waals surface area contributed by atoms with E-state index in [4.69, 9.17) is 4.98 Å². The molecule has 2 aromatic heterocycles. The predicted molar refractivity (Wildman–Crippen MR) is 114 cm³/mol. The van der Waals surface area contributed by atoms with E-state index in [2.05, 4.69) is 41.2 Å². The van der Waals surface area contributed by atoms with Gasteiger partial charge in [-0.25, -0.2) is 19.4 Å². The highest BCUT2D eigenvalue weighted by atomic mass is 16.1. The first-order chi connectivity index (χ1) is 14.1. The summed E-state index contributed by atoms with van der Waals surface area (Å²) < 4.78 is 1.57. The second kappa shape index (κ2) is 6.60. The first kappa shape index (κ1) is 17.2. The zero-order valence-electron chi connectivity index (χ0n) is 16.1. The van der Waals surface area contributed by atoms with E-state index in [0.717, 1.165) is 33.7 Å². The van der Waals surface area contributed by atoms with Gasteiger partial charge in [-0.15, -0.1) is 0 Å². The molecule has 3 aromatic carbocycles. The summed E-state index contributed by atoms with van der Waals surface area (Å²) in [6.45, 7) is 4.18. The van der Waals surface area contributed by atoms with Crippen LogP contribution in [0.3, 0.4) is 0 Å². The summed E-state index contributed by atoms with van der Waals surface area (Å²) in [4.78, 5) is 20.5. The highest BCUT2D eigenvalue weighted by Crippen LogP contribution is 2.25. The number of benzene rings is 3. The Hall–Kier alpha value is -3.93. The van der Waals surface area contributed by atoms with Crippen molar-refractivity contribution in [3.8, 4) is 28.5 Å². The van der Waals surface area contributed by atoms with Gasteiger partial charge in [0.15, 0.2) is 5.82 Å². The molecule has 0 unspecified atom stereocenters. The maximum atomic E-state index is 12.4. The Balaban J connectivity index is 1.55. The van der Waals surface area contributed by atoms with Gasteiger partial charge in [-0.2, -0.15) is 5.10 Å². The van der Waals surface area contributed by atoms with Gasteiger partial charge >= 0.3 is 5.69 Å². The molecular formula is C23H19N5O. The van der Waals surface area contributed by atoms with Gasteiger partial charge in [-0.1, -0.05) is 30.3 Å². The van der Waals surface area contributed by atoms with Crippen molar-refractivity contribution in [2.24, 2.45) is 0 Å². The maximum Gasteiger partial charge on any atom is 0.348 e. The van der Waals surface area contributed by atoms with Crippen LogP contribution < -0.4 is 5.69 Å². The largest absolute Gasteiger partial charge is 0.348 e. The molecule has 0 atom stereocenters. The van der Waals surface area contributed by atoms with Crippen LogP contribution in [0.4, 0.5) is 0 Å². The minimum absolute atomic E-state index is 0.272. The molecule has 5 rings (SSSR count). The summed E-state index contributed by atoms with van der Waals surface area (Å²) >= 11 is 0. The molecule has 0 spiro atoms. The van der Waals surface area contributed by atoms with E-state index in [1.165, 1.54) is 11.1 Å². The number of nitrogens with zero attached hydrogens (tertiary/aromatic N) is 3. The first-order valence-electron chi connectivity index (χ1n) is 9.41. The Morgan fingerprint density at radius 2 is 1.59 bits per heavy atom.